The Morgan fingerprint density at radius 2 is 2.23 bits per heavy atom. The van der Waals surface area contributed by atoms with Crippen LogP contribution in [-0.2, 0) is 23.0 Å². The summed E-state index contributed by atoms with van der Waals surface area (Å²) in [5.74, 6) is -1.06. The largest absolute Gasteiger partial charge is 0.325 e. The molecule has 9 nitrogen and oxygen atoms in total. The summed E-state index contributed by atoms with van der Waals surface area (Å²) in [6, 6.07) is 4.41. The SMILES string of the molecule is CN1C(C(=O)Nc2ccc(F)c(C#N)c2)CC(c2ncc(-c3cnn(C)c3)s2)NS1=O. The number of rotatable bonds is 4. The van der Waals surface area contributed by atoms with Crippen molar-refractivity contribution in [2.75, 3.05) is 12.4 Å². The Morgan fingerprint density at radius 1 is 1.42 bits per heavy atom. The first kappa shape index (κ1) is 21.3. The molecule has 3 atom stereocenters. The first-order valence-electron chi connectivity index (χ1n) is 9.22. The third-order valence-corrected chi connectivity index (χ3v) is 7.29. The second-order valence-electron chi connectivity index (χ2n) is 6.98. The molecular formula is C19H18FN7O2S2. The Bertz CT molecular complexity index is 1200. The Hall–Kier alpha value is -2.98. The predicted octanol–water partition coefficient (Wildman–Crippen LogP) is 2.11. The number of benzene rings is 1. The van der Waals surface area contributed by atoms with Gasteiger partial charge in [0, 0.05) is 37.7 Å². The third kappa shape index (κ3) is 4.40. The molecule has 12 heteroatoms. The van der Waals surface area contributed by atoms with Gasteiger partial charge in [-0.2, -0.15) is 10.4 Å². The molecule has 0 saturated carbocycles. The quantitative estimate of drug-likeness (QED) is 0.620. The van der Waals surface area contributed by atoms with Gasteiger partial charge in [0.15, 0.2) is 11.2 Å². The van der Waals surface area contributed by atoms with E-state index in [4.69, 9.17) is 5.26 Å². The van der Waals surface area contributed by atoms with Crippen LogP contribution in [0.5, 0.6) is 0 Å². The minimum Gasteiger partial charge on any atom is -0.325 e. The van der Waals surface area contributed by atoms with Gasteiger partial charge in [0.2, 0.25) is 5.91 Å². The van der Waals surface area contributed by atoms with Crippen LogP contribution < -0.4 is 10.0 Å². The molecule has 0 aliphatic carbocycles. The van der Waals surface area contributed by atoms with E-state index in [1.54, 1.807) is 30.2 Å². The van der Waals surface area contributed by atoms with E-state index < -0.39 is 28.9 Å². The van der Waals surface area contributed by atoms with E-state index >= 15 is 0 Å². The normalized spacial score (nSPS) is 21.5. The van der Waals surface area contributed by atoms with Crippen molar-refractivity contribution in [3.05, 3.63) is 53.2 Å². The van der Waals surface area contributed by atoms with E-state index in [1.165, 1.54) is 27.8 Å². The van der Waals surface area contributed by atoms with Gasteiger partial charge in [-0.05, 0) is 24.6 Å². The van der Waals surface area contributed by atoms with Crippen LogP contribution >= 0.6 is 11.3 Å². The number of carbonyl (C=O) groups excluding carboxylic acids is 1. The van der Waals surface area contributed by atoms with Crippen molar-refractivity contribution in [2.45, 2.75) is 18.5 Å². The second kappa shape index (κ2) is 8.64. The van der Waals surface area contributed by atoms with Gasteiger partial charge in [0.25, 0.3) is 0 Å². The standard InChI is InChI=1S/C19H18FN7O2S2/c1-26-10-12(8-23-26)17-9-22-19(30-17)15-6-16(27(2)31(29)25-15)18(28)24-13-3-4-14(20)11(5-13)7-21/h3-5,8-10,15-16,25H,6H2,1-2H3,(H,24,28). The molecule has 1 aliphatic heterocycles. The summed E-state index contributed by atoms with van der Waals surface area (Å²) in [6.07, 6.45) is 5.69. The molecule has 3 heterocycles. The summed E-state index contributed by atoms with van der Waals surface area (Å²) in [4.78, 5) is 18.3. The maximum Gasteiger partial charge on any atom is 0.242 e. The van der Waals surface area contributed by atoms with Crippen LogP contribution in [0.25, 0.3) is 10.4 Å². The number of anilines is 1. The molecule has 1 amide bonds. The number of aromatic nitrogens is 3. The highest BCUT2D eigenvalue weighted by Gasteiger charge is 2.37. The summed E-state index contributed by atoms with van der Waals surface area (Å²) in [5.41, 5.74) is 1.06. The van der Waals surface area contributed by atoms with Crippen molar-refractivity contribution in [1.82, 2.24) is 23.8 Å². The van der Waals surface area contributed by atoms with Crippen molar-refractivity contribution >= 4 is 34.1 Å². The van der Waals surface area contributed by atoms with E-state index in [0.717, 1.165) is 16.5 Å². The lowest BCUT2D eigenvalue weighted by Crippen LogP contribution is -2.53. The highest BCUT2D eigenvalue weighted by molar-refractivity contribution is 7.80. The van der Waals surface area contributed by atoms with Crippen molar-refractivity contribution < 1.29 is 13.4 Å². The molecular weight excluding hydrogens is 441 g/mol. The first-order valence-corrected chi connectivity index (χ1v) is 11.1. The van der Waals surface area contributed by atoms with Gasteiger partial charge >= 0.3 is 0 Å². The molecule has 31 heavy (non-hydrogen) atoms. The molecule has 160 valence electrons. The first-order chi connectivity index (χ1) is 14.9. The summed E-state index contributed by atoms with van der Waals surface area (Å²) < 4.78 is 32.2. The molecule has 0 radical (unpaired) electrons. The number of hydrogen-bond donors (Lipinski definition) is 2. The van der Waals surface area contributed by atoms with Gasteiger partial charge in [-0.3, -0.25) is 9.48 Å². The van der Waals surface area contributed by atoms with Crippen LogP contribution in [0.1, 0.15) is 23.0 Å². The molecule has 1 fully saturated rings. The number of nitrogens with zero attached hydrogens (tertiary/aromatic N) is 5. The van der Waals surface area contributed by atoms with E-state index in [2.05, 4.69) is 20.1 Å². The molecule has 1 aliphatic rings. The number of nitrogens with one attached hydrogen (secondary N) is 2. The zero-order valence-electron chi connectivity index (χ0n) is 16.6. The third-order valence-electron chi connectivity index (χ3n) is 4.87. The molecule has 1 saturated heterocycles. The number of likely N-dealkylation sites (N-methyl/N-ethyl adjacent to an activating group) is 1. The van der Waals surface area contributed by atoms with Crippen molar-refractivity contribution in [2.24, 2.45) is 7.05 Å². The highest BCUT2D eigenvalue weighted by atomic mass is 32.2. The van der Waals surface area contributed by atoms with E-state index in [0.29, 0.717) is 17.1 Å². The summed E-state index contributed by atoms with van der Waals surface area (Å²) in [7, 11) is 3.41. The summed E-state index contributed by atoms with van der Waals surface area (Å²) >= 11 is -0.161. The van der Waals surface area contributed by atoms with Crippen LogP contribution in [-0.4, -0.2) is 42.3 Å². The zero-order valence-corrected chi connectivity index (χ0v) is 18.2. The van der Waals surface area contributed by atoms with Gasteiger partial charge in [-0.15, -0.1) is 11.3 Å². The number of hydrogen-bond acceptors (Lipinski definition) is 6. The fraction of sp³-hybridized carbons (Fsp3) is 0.263. The number of amides is 1. The van der Waals surface area contributed by atoms with Gasteiger partial charge in [0.1, 0.15) is 22.9 Å². The highest BCUT2D eigenvalue weighted by Crippen LogP contribution is 2.33. The second-order valence-corrected chi connectivity index (χ2v) is 9.35. The lowest BCUT2D eigenvalue weighted by atomic mass is 10.1. The van der Waals surface area contributed by atoms with Crippen LogP contribution in [0.15, 0.2) is 36.8 Å². The van der Waals surface area contributed by atoms with Crippen LogP contribution in [0.2, 0.25) is 0 Å². The number of halogens is 1. The predicted molar refractivity (Wildman–Crippen MR) is 114 cm³/mol. The minimum atomic E-state index is -1.60. The maximum absolute atomic E-state index is 13.5. The van der Waals surface area contributed by atoms with Crippen LogP contribution in [0, 0.1) is 17.1 Å². The van der Waals surface area contributed by atoms with Gasteiger partial charge in [-0.1, -0.05) is 0 Å². The lowest BCUT2D eigenvalue weighted by Gasteiger charge is -2.34. The topological polar surface area (TPSA) is 116 Å². The summed E-state index contributed by atoms with van der Waals surface area (Å²) in [5, 5.41) is 16.5. The van der Waals surface area contributed by atoms with E-state index in [1.807, 2.05) is 13.2 Å². The Labute approximate surface area is 184 Å². The van der Waals surface area contributed by atoms with Crippen molar-refractivity contribution in [3.8, 4) is 16.5 Å². The number of aryl methyl sites for hydroxylation is 1. The Kier molecular flexibility index (Phi) is 5.92. The van der Waals surface area contributed by atoms with Gasteiger partial charge in [0.05, 0.1) is 22.7 Å². The minimum absolute atomic E-state index is 0.163. The van der Waals surface area contributed by atoms with Gasteiger partial charge < -0.3 is 5.32 Å². The number of nitriles is 1. The molecule has 0 bridgehead atoms. The van der Waals surface area contributed by atoms with Crippen molar-refractivity contribution in [3.63, 3.8) is 0 Å². The molecule has 3 unspecified atom stereocenters. The fourth-order valence-corrected chi connectivity index (χ4v) is 5.27. The average molecular weight is 460 g/mol. The Balaban J connectivity index is 1.52. The lowest BCUT2D eigenvalue weighted by molar-refractivity contribution is -0.120. The maximum atomic E-state index is 13.5. The van der Waals surface area contributed by atoms with Crippen molar-refractivity contribution in [1.29, 1.82) is 5.26 Å². The summed E-state index contributed by atoms with van der Waals surface area (Å²) in [6.45, 7) is 0. The van der Waals surface area contributed by atoms with Crippen LogP contribution in [0.4, 0.5) is 10.1 Å². The molecule has 2 N–H and O–H groups in total. The molecule has 2 aromatic heterocycles. The van der Waals surface area contributed by atoms with Gasteiger partial charge in [-0.25, -0.2) is 22.6 Å². The molecule has 3 aromatic rings. The molecule has 0 spiro atoms. The average Bonchev–Trinajstić information content (AvgIpc) is 3.40. The monoisotopic (exact) mass is 459 g/mol. The molecule has 4 rings (SSSR count). The number of thiazole rings is 1. The van der Waals surface area contributed by atoms with E-state index in [9.17, 15) is 13.4 Å². The zero-order chi connectivity index (χ0) is 22.1. The van der Waals surface area contributed by atoms with Crippen LogP contribution in [0.3, 0.4) is 0 Å². The smallest absolute Gasteiger partial charge is 0.242 e. The Morgan fingerprint density at radius 3 is 2.94 bits per heavy atom. The fourth-order valence-electron chi connectivity index (χ4n) is 3.21. The number of carbonyl (C=O) groups is 1. The van der Waals surface area contributed by atoms with E-state index in [-0.39, 0.29) is 11.6 Å². The molecule has 1 aromatic carbocycles.